The Balaban J connectivity index is 4.09. The van der Waals surface area contributed by atoms with Crippen molar-refractivity contribution in [2.24, 2.45) is 0 Å². The third-order valence-electron chi connectivity index (χ3n) is 1.56. The average molecular weight is 186 g/mol. The van der Waals surface area contributed by atoms with Crippen LogP contribution in [-0.2, 0) is 14.3 Å². The number of rotatable bonds is 5. The molecular weight excluding hydrogens is 168 g/mol. The van der Waals surface area contributed by atoms with Crippen LogP contribution in [0.15, 0.2) is 12.2 Å². The third-order valence-corrected chi connectivity index (χ3v) is 1.56. The Bertz CT molecular complexity index is 175. The molecule has 0 aromatic rings. The SMILES string of the molecule is C/C=C/C(OCC)C(C)OC(C)=O. The maximum atomic E-state index is 10.7. The molecule has 3 heteroatoms. The highest BCUT2D eigenvalue weighted by atomic mass is 16.6. The van der Waals surface area contributed by atoms with Crippen molar-refractivity contribution < 1.29 is 14.3 Å². The average Bonchev–Trinajstić information content (AvgIpc) is 2.02. The van der Waals surface area contributed by atoms with Gasteiger partial charge in [0.25, 0.3) is 0 Å². The minimum atomic E-state index is -0.276. The first kappa shape index (κ1) is 12.2. The summed E-state index contributed by atoms with van der Waals surface area (Å²) in [5.41, 5.74) is 0. The van der Waals surface area contributed by atoms with Gasteiger partial charge in [-0.15, -0.1) is 0 Å². The molecule has 0 fully saturated rings. The smallest absolute Gasteiger partial charge is 0.302 e. The second-order valence-corrected chi connectivity index (χ2v) is 2.76. The van der Waals surface area contributed by atoms with Crippen molar-refractivity contribution >= 4 is 5.97 Å². The summed E-state index contributed by atoms with van der Waals surface area (Å²) in [4.78, 5) is 10.7. The lowest BCUT2D eigenvalue weighted by atomic mass is 10.2. The Morgan fingerprint density at radius 1 is 1.54 bits per heavy atom. The number of allylic oxidation sites excluding steroid dienone is 1. The van der Waals surface area contributed by atoms with Crippen LogP contribution in [0.5, 0.6) is 0 Å². The summed E-state index contributed by atoms with van der Waals surface area (Å²) >= 11 is 0. The van der Waals surface area contributed by atoms with Gasteiger partial charge in [-0.2, -0.15) is 0 Å². The fourth-order valence-electron chi connectivity index (χ4n) is 1.06. The van der Waals surface area contributed by atoms with E-state index in [1.807, 2.05) is 32.9 Å². The van der Waals surface area contributed by atoms with Crippen molar-refractivity contribution in [3.63, 3.8) is 0 Å². The van der Waals surface area contributed by atoms with Gasteiger partial charge >= 0.3 is 5.97 Å². The maximum absolute atomic E-state index is 10.7. The van der Waals surface area contributed by atoms with Crippen LogP contribution in [0.2, 0.25) is 0 Å². The van der Waals surface area contributed by atoms with E-state index in [1.54, 1.807) is 0 Å². The minimum Gasteiger partial charge on any atom is -0.460 e. The van der Waals surface area contributed by atoms with Gasteiger partial charge in [-0.25, -0.2) is 0 Å². The van der Waals surface area contributed by atoms with Gasteiger partial charge in [0.1, 0.15) is 12.2 Å². The predicted octanol–water partition coefficient (Wildman–Crippen LogP) is 1.92. The van der Waals surface area contributed by atoms with Gasteiger partial charge in [0.05, 0.1) is 0 Å². The minimum absolute atomic E-state index is 0.140. The van der Waals surface area contributed by atoms with Gasteiger partial charge in [-0.05, 0) is 20.8 Å². The molecule has 0 heterocycles. The van der Waals surface area contributed by atoms with Crippen molar-refractivity contribution in [3.05, 3.63) is 12.2 Å². The van der Waals surface area contributed by atoms with Crippen LogP contribution in [0, 0.1) is 0 Å². The molecule has 13 heavy (non-hydrogen) atoms. The quantitative estimate of drug-likeness (QED) is 0.486. The molecule has 2 atom stereocenters. The third kappa shape index (κ3) is 5.42. The van der Waals surface area contributed by atoms with Crippen LogP contribution < -0.4 is 0 Å². The standard InChI is InChI=1S/C10H18O3/c1-5-7-10(12-6-2)8(3)13-9(4)11/h5,7-8,10H,6H2,1-4H3/b7-5+. The molecule has 0 saturated heterocycles. The van der Waals surface area contributed by atoms with Crippen LogP contribution in [0.3, 0.4) is 0 Å². The Morgan fingerprint density at radius 2 is 2.15 bits per heavy atom. The molecule has 3 nitrogen and oxygen atoms in total. The van der Waals surface area contributed by atoms with Crippen LogP contribution in [0.4, 0.5) is 0 Å². The van der Waals surface area contributed by atoms with E-state index in [-0.39, 0.29) is 18.2 Å². The Kier molecular flexibility index (Phi) is 6.24. The molecule has 0 aliphatic rings. The number of carbonyl (C=O) groups is 1. The molecule has 0 saturated carbocycles. The molecular formula is C10H18O3. The highest BCUT2D eigenvalue weighted by Gasteiger charge is 2.16. The zero-order valence-corrected chi connectivity index (χ0v) is 8.74. The zero-order valence-electron chi connectivity index (χ0n) is 8.74. The number of hydrogen-bond acceptors (Lipinski definition) is 3. The summed E-state index contributed by atoms with van der Waals surface area (Å²) < 4.78 is 10.4. The van der Waals surface area contributed by atoms with E-state index < -0.39 is 0 Å². The molecule has 0 aliphatic carbocycles. The van der Waals surface area contributed by atoms with Gasteiger partial charge < -0.3 is 9.47 Å². The molecule has 0 aromatic heterocycles. The molecule has 0 radical (unpaired) electrons. The van der Waals surface area contributed by atoms with E-state index in [9.17, 15) is 4.79 Å². The van der Waals surface area contributed by atoms with Gasteiger partial charge in [-0.1, -0.05) is 12.2 Å². The first-order valence-electron chi connectivity index (χ1n) is 4.53. The first-order chi connectivity index (χ1) is 6.11. The van der Waals surface area contributed by atoms with Gasteiger partial charge in [0.2, 0.25) is 0 Å². The van der Waals surface area contributed by atoms with Gasteiger partial charge in [-0.3, -0.25) is 4.79 Å². The highest BCUT2D eigenvalue weighted by Crippen LogP contribution is 2.06. The molecule has 0 aliphatic heterocycles. The van der Waals surface area contributed by atoms with E-state index in [4.69, 9.17) is 9.47 Å². The largest absolute Gasteiger partial charge is 0.460 e. The maximum Gasteiger partial charge on any atom is 0.302 e. The summed E-state index contributed by atoms with van der Waals surface area (Å²) in [6.45, 7) is 7.65. The normalized spacial score (nSPS) is 15.7. The first-order valence-corrected chi connectivity index (χ1v) is 4.53. The van der Waals surface area contributed by atoms with Crippen LogP contribution in [-0.4, -0.2) is 24.8 Å². The molecule has 0 amide bonds. The monoisotopic (exact) mass is 186 g/mol. The predicted molar refractivity (Wildman–Crippen MR) is 51.5 cm³/mol. The summed E-state index contributed by atoms with van der Waals surface area (Å²) in [5, 5.41) is 0. The highest BCUT2D eigenvalue weighted by molar-refractivity contribution is 5.66. The molecule has 0 spiro atoms. The van der Waals surface area contributed by atoms with E-state index in [0.717, 1.165) is 0 Å². The number of hydrogen-bond donors (Lipinski definition) is 0. The molecule has 0 N–H and O–H groups in total. The molecule has 2 unspecified atom stereocenters. The van der Waals surface area contributed by atoms with E-state index in [2.05, 4.69) is 0 Å². The zero-order chi connectivity index (χ0) is 10.3. The number of carbonyl (C=O) groups excluding carboxylic acids is 1. The summed E-state index contributed by atoms with van der Waals surface area (Å²) in [7, 11) is 0. The van der Waals surface area contributed by atoms with E-state index in [1.165, 1.54) is 6.92 Å². The summed E-state index contributed by atoms with van der Waals surface area (Å²) in [6, 6.07) is 0. The fraction of sp³-hybridized carbons (Fsp3) is 0.700. The second-order valence-electron chi connectivity index (χ2n) is 2.76. The lowest BCUT2D eigenvalue weighted by Gasteiger charge is -2.20. The second kappa shape index (κ2) is 6.66. The van der Waals surface area contributed by atoms with Crippen molar-refractivity contribution in [2.45, 2.75) is 39.9 Å². The number of esters is 1. The van der Waals surface area contributed by atoms with Crippen molar-refractivity contribution in [3.8, 4) is 0 Å². The van der Waals surface area contributed by atoms with Crippen LogP contribution in [0.1, 0.15) is 27.7 Å². The molecule has 76 valence electrons. The van der Waals surface area contributed by atoms with Crippen molar-refractivity contribution in [1.29, 1.82) is 0 Å². The lowest BCUT2D eigenvalue weighted by Crippen LogP contribution is -2.28. The topological polar surface area (TPSA) is 35.5 Å². The van der Waals surface area contributed by atoms with Crippen LogP contribution in [0.25, 0.3) is 0 Å². The van der Waals surface area contributed by atoms with E-state index in [0.29, 0.717) is 6.61 Å². The Hall–Kier alpha value is -0.830. The van der Waals surface area contributed by atoms with Gasteiger partial charge in [0.15, 0.2) is 0 Å². The van der Waals surface area contributed by atoms with Crippen molar-refractivity contribution in [1.82, 2.24) is 0 Å². The molecule has 0 aromatic carbocycles. The summed E-state index contributed by atoms with van der Waals surface area (Å²) in [5.74, 6) is -0.276. The Labute approximate surface area is 79.7 Å². The lowest BCUT2D eigenvalue weighted by molar-refractivity contribution is -0.151. The molecule has 0 rings (SSSR count). The number of ether oxygens (including phenoxy) is 2. The van der Waals surface area contributed by atoms with Gasteiger partial charge in [0, 0.05) is 13.5 Å². The fourth-order valence-corrected chi connectivity index (χ4v) is 1.06. The van der Waals surface area contributed by atoms with Crippen molar-refractivity contribution in [2.75, 3.05) is 6.61 Å². The Morgan fingerprint density at radius 3 is 2.54 bits per heavy atom. The molecule has 0 bridgehead atoms. The van der Waals surface area contributed by atoms with Crippen LogP contribution >= 0.6 is 0 Å². The summed E-state index contributed by atoms with van der Waals surface area (Å²) in [6.07, 6.45) is 3.41. The van der Waals surface area contributed by atoms with E-state index >= 15 is 0 Å².